The van der Waals surface area contributed by atoms with Crippen molar-refractivity contribution in [1.82, 2.24) is 14.8 Å². The van der Waals surface area contributed by atoms with Crippen molar-refractivity contribution >= 4 is 23.1 Å². The third kappa shape index (κ3) is 2.71. The SMILES string of the molecule is Cn1nccc1CCNc1nc2ccc(C(=O)O)cc2o1. The van der Waals surface area contributed by atoms with Crippen LogP contribution in [0.3, 0.4) is 0 Å². The molecule has 0 atom stereocenters. The Labute approximate surface area is 120 Å². The van der Waals surface area contributed by atoms with Crippen LogP contribution in [-0.2, 0) is 13.5 Å². The summed E-state index contributed by atoms with van der Waals surface area (Å²) in [7, 11) is 1.89. The molecule has 0 spiro atoms. The number of nitrogens with zero attached hydrogens (tertiary/aromatic N) is 3. The highest BCUT2D eigenvalue weighted by Crippen LogP contribution is 2.20. The van der Waals surface area contributed by atoms with Crippen molar-refractivity contribution in [2.75, 3.05) is 11.9 Å². The second-order valence-electron chi connectivity index (χ2n) is 4.63. The molecule has 0 fully saturated rings. The molecule has 108 valence electrons. The predicted octanol–water partition coefficient (Wildman–Crippen LogP) is 1.91. The fourth-order valence-corrected chi connectivity index (χ4v) is 2.08. The topological polar surface area (TPSA) is 93.2 Å². The zero-order chi connectivity index (χ0) is 14.8. The highest BCUT2D eigenvalue weighted by atomic mass is 16.4. The average molecular weight is 286 g/mol. The van der Waals surface area contributed by atoms with Crippen molar-refractivity contribution in [2.24, 2.45) is 7.05 Å². The second-order valence-corrected chi connectivity index (χ2v) is 4.63. The van der Waals surface area contributed by atoms with Crippen molar-refractivity contribution in [2.45, 2.75) is 6.42 Å². The number of hydrogen-bond donors (Lipinski definition) is 2. The van der Waals surface area contributed by atoms with E-state index in [4.69, 9.17) is 9.52 Å². The molecule has 0 unspecified atom stereocenters. The van der Waals surface area contributed by atoms with E-state index in [0.717, 1.165) is 12.1 Å². The molecule has 2 heterocycles. The Hall–Kier alpha value is -2.83. The molecule has 7 heteroatoms. The highest BCUT2D eigenvalue weighted by Gasteiger charge is 2.09. The minimum atomic E-state index is -0.987. The monoisotopic (exact) mass is 286 g/mol. The number of aromatic nitrogens is 3. The van der Waals surface area contributed by atoms with Gasteiger partial charge in [-0.2, -0.15) is 10.1 Å². The van der Waals surface area contributed by atoms with Gasteiger partial charge in [0.25, 0.3) is 6.01 Å². The quantitative estimate of drug-likeness (QED) is 0.744. The molecule has 2 aromatic heterocycles. The highest BCUT2D eigenvalue weighted by molar-refractivity contribution is 5.92. The van der Waals surface area contributed by atoms with Crippen molar-refractivity contribution in [3.63, 3.8) is 0 Å². The number of carbonyl (C=O) groups is 1. The molecule has 0 aliphatic carbocycles. The number of carboxylic acids is 1. The van der Waals surface area contributed by atoms with Gasteiger partial charge in [0.1, 0.15) is 5.52 Å². The van der Waals surface area contributed by atoms with Gasteiger partial charge in [-0.1, -0.05) is 0 Å². The van der Waals surface area contributed by atoms with Crippen molar-refractivity contribution < 1.29 is 14.3 Å². The minimum Gasteiger partial charge on any atom is -0.478 e. The van der Waals surface area contributed by atoms with Crippen molar-refractivity contribution in [1.29, 1.82) is 0 Å². The maximum Gasteiger partial charge on any atom is 0.335 e. The van der Waals surface area contributed by atoms with E-state index in [1.54, 1.807) is 12.3 Å². The van der Waals surface area contributed by atoms with Gasteiger partial charge in [0.05, 0.1) is 5.56 Å². The van der Waals surface area contributed by atoms with Crippen LogP contribution < -0.4 is 5.32 Å². The van der Waals surface area contributed by atoms with Gasteiger partial charge in [0.15, 0.2) is 5.58 Å². The lowest BCUT2D eigenvalue weighted by molar-refractivity contribution is 0.0697. The summed E-state index contributed by atoms with van der Waals surface area (Å²) in [6, 6.07) is 6.94. The number of carboxylic acid groups (broad SMARTS) is 1. The minimum absolute atomic E-state index is 0.181. The van der Waals surface area contributed by atoms with Crippen LogP contribution >= 0.6 is 0 Å². The van der Waals surface area contributed by atoms with Gasteiger partial charge in [-0.3, -0.25) is 4.68 Å². The van der Waals surface area contributed by atoms with Gasteiger partial charge in [-0.05, 0) is 24.3 Å². The van der Waals surface area contributed by atoms with Gasteiger partial charge in [0, 0.05) is 31.9 Å². The fourth-order valence-electron chi connectivity index (χ4n) is 2.08. The zero-order valence-corrected chi connectivity index (χ0v) is 11.4. The lowest BCUT2D eigenvalue weighted by atomic mass is 10.2. The molecule has 0 aliphatic rings. The molecule has 0 bridgehead atoms. The smallest absolute Gasteiger partial charge is 0.335 e. The van der Waals surface area contributed by atoms with Crippen LogP contribution in [0.1, 0.15) is 16.1 Å². The maximum absolute atomic E-state index is 10.9. The van der Waals surface area contributed by atoms with Gasteiger partial charge in [0.2, 0.25) is 0 Å². The lowest BCUT2D eigenvalue weighted by Gasteiger charge is -2.02. The largest absolute Gasteiger partial charge is 0.478 e. The maximum atomic E-state index is 10.9. The molecule has 1 aromatic carbocycles. The Bertz CT molecular complexity index is 790. The summed E-state index contributed by atoms with van der Waals surface area (Å²) in [6.45, 7) is 0.651. The van der Waals surface area contributed by atoms with Gasteiger partial charge >= 0.3 is 5.97 Å². The number of aryl methyl sites for hydroxylation is 1. The van der Waals surface area contributed by atoms with E-state index in [2.05, 4.69) is 15.4 Å². The number of hydrogen-bond acceptors (Lipinski definition) is 5. The van der Waals surface area contributed by atoms with Crippen molar-refractivity contribution in [3.8, 4) is 0 Å². The molecular weight excluding hydrogens is 272 g/mol. The Kier molecular flexibility index (Phi) is 3.31. The summed E-state index contributed by atoms with van der Waals surface area (Å²) < 4.78 is 7.31. The molecule has 0 saturated carbocycles. The summed E-state index contributed by atoms with van der Waals surface area (Å²) in [4.78, 5) is 15.2. The molecule has 7 nitrogen and oxygen atoms in total. The first-order chi connectivity index (χ1) is 10.1. The summed E-state index contributed by atoms with van der Waals surface area (Å²) in [5, 5.41) is 16.1. The molecule has 21 heavy (non-hydrogen) atoms. The summed E-state index contributed by atoms with van der Waals surface area (Å²) in [5.74, 6) is -0.987. The predicted molar refractivity (Wildman–Crippen MR) is 76.4 cm³/mol. The summed E-state index contributed by atoms with van der Waals surface area (Å²) >= 11 is 0. The number of fused-ring (bicyclic) bond motifs is 1. The Morgan fingerprint density at radius 2 is 2.29 bits per heavy atom. The van der Waals surface area contributed by atoms with E-state index < -0.39 is 5.97 Å². The number of nitrogens with one attached hydrogen (secondary N) is 1. The van der Waals surface area contributed by atoms with Crippen LogP contribution in [-0.4, -0.2) is 32.4 Å². The molecule has 0 radical (unpaired) electrons. The number of aromatic carboxylic acids is 1. The van der Waals surface area contributed by atoms with Crippen LogP contribution in [0.25, 0.3) is 11.1 Å². The third-order valence-corrected chi connectivity index (χ3v) is 3.22. The lowest BCUT2D eigenvalue weighted by Crippen LogP contribution is -2.08. The molecule has 3 rings (SSSR count). The van der Waals surface area contributed by atoms with Gasteiger partial charge in [-0.15, -0.1) is 0 Å². The molecule has 0 amide bonds. The zero-order valence-electron chi connectivity index (χ0n) is 11.4. The number of oxazole rings is 1. The molecule has 2 N–H and O–H groups in total. The van der Waals surface area contributed by atoms with Crippen LogP contribution in [0.5, 0.6) is 0 Å². The van der Waals surface area contributed by atoms with Crippen LogP contribution in [0, 0.1) is 0 Å². The van der Waals surface area contributed by atoms with Crippen molar-refractivity contribution in [3.05, 3.63) is 41.7 Å². The molecule has 0 aliphatic heterocycles. The molecule has 3 aromatic rings. The molecular formula is C14H14N4O3. The number of benzene rings is 1. The van der Waals surface area contributed by atoms with Crippen LogP contribution in [0.2, 0.25) is 0 Å². The van der Waals surface area contributed by atoms with E-state index in [0.29, 0.717) is 23.7 Å². The standard InChI is InChI=1S/C14H14N4O3/c1-18-10(5-7-16-18)4-6-15-14-17-11-3-2-9(13(19)20)8-12(11)21-14/h2-3,5,7-8H,4,6H2,1H3,(H,15,17)(H,19,20). The second kappa shape index (κ2) is 5.28. The average Bonchev–Trinajstić information content (AvgIpc) is 3.04. The summed E-state index contributed by atoms with van der Waals surface area (Å²) in [5.41, 5.74) is 2.37. The molecule has 0 saturated heterocycles. The van der Waals surface area contributed by atoms with E-state index in [1.807, 2.05) is 17.8 Å². The first kappa shape index (κ1) is 13.2. The van der Waals surface area contributed by atoms with E-state index in [9.17, 15) is 4.79 Å². The van der Waals surface area contributed by atoms with E-state index >= 15 is 0 Å². The Morgan fingerprint density at radius 3 is 3.00 bits per heavy atom. The van der Waals surface area contributed by atoms with Gasteiger partial charge < -0.3 is 14.8 Å². The summed E-state index contributed by atoms with van der Waals surface area (Å²) in [6.07, 6.45) is 2.54. The number of anilines is 1. The van der Waals surface area contributed by atoms with E-state index in [-0.39, 0.29) is 5.56 Å². The third-order valence-electron chi connectivity index (χ3n) is 3.22. The van der Waals surface area contributed by atoms with Crippen LogP contribution in [0.15, 0.2) is 34.9 Å². The first-order valence-corrected chi connectivity index (χ1v) is 6.48. The fraction of sp³-hybridized carbons (Fsp3) is 0.214. The van der Waals surface area contributed by atoms with E-state index in [1.165, 1.54) is 12.1 Å². The Balaban J connectivity index is 1.70. The Morgan fingerprint density at radius 1 is 1.43 bits per heavy atom. The first-order valence-electron chi connectivity index (χ1n) is 6.48. The van der Waals surface area contributed by atoms with Crippen LogP contribution in [0.4, 0.5) is 6.01 Å². The number of rotatable bonds is 5. The normalized spacial score (nSPS) is 10.9. The van der Waals surface area contributed by atoms with Gasteiger partial charge in [-0.25, -0.2) is 4.79 Å².